The molecule has 366 valence electrons. The minimum atomic E-state index is -1.59. The van der Waals surface area contributed by atoms with Gasteiger partial charge in [-0.25, -0.2) is 0 Å². The zero-order valence-electron chi connectivity index (χ0n) is 39.4. The van der Waals surface area contributed by atoms with Crippen molar-refractivity contribution in [3.63, 3.8) is 0 Å². The van der Waals surface area contributed by atoms with Crippen LogP contribution in [0.25, 0.3) is 0 Å². The molecule has 0 aliphatic carbocycles. The first-order valence-corrected chi connectivity index (χ1v) is 23.6. The second kappa shape index (κ2) is 30.2. The van der Waals surface area contributed by atoms with Crippen LogP contribution in [0.15, 0.2) is 24.3 Å². The van der Waals surface area contributed by atoms with Crippen molar-refractivity contribution in [1.82, 2.24) is 36.8 Å². The molecule has 18 heteroatoms. The molecule has 18 nitrogen and oxygen atoms in total. The Kier molecular flexibility index (Phi) is 26.0. The zero-order chi connectivity index (χ0) is 48.5. The van der Waals surface area contributed by atoms with E-state index in [9.17, 15) is 53.7 Å². The van der Waals surface area contributed by atoms with E-state index in [1.54, 1.807) is 12.1 Å². The van der Waals surface area contributed by atoms with Crippen LogP contribution in [-0.4, -0.2) is 129 Å². The van der Waals surface area contributed by atoms with Gasteiger partial charge in [-0.3, -0.25) is 33.6 Å². The van der Waals surface area contributed by atoms with Crippen LogP contribution in [0.3, 0.4) is 0 Å². The van der Waals surface area contributed by atoms with Crippen molar-refractivity contribution >= 4 is 47.6 Å². The summed E-state index contributed by atoms with van der Waals surface area (Å²) in [6.45, 7) is 9.69. The number of nitrogens with zero attached hydrogens (tertiary/aromatic N) is 1. The highest BCUT2D eigenvalue weighted by Gasteiger charge is 2.41. The number of phenols is 1. The highest BCUT2D eigenvalue weighted by atomic mass is 16.3. The fraction of sp³-hybridized carbons (Fsp3) is 0.702. The molecular weight excluding hydrogens is 839 g/mol. The van der Waals surface area contributed by atoms with Crippen LogP contribution < -0.4 is 31.9 Å². The molecule has 1 fully saturated rings. The normalized spacial score (nSPS) is 16.8. The van der Waals surface area contributed by atoms with E-state index >= 15 is 0 Å². The number of unbranched alkanes of at least 4 members (excludes halogenated alkanes) is 10. The molecule has 1 saturated heterocycles. The Balaban J connectivity index is 2.03. The SMILES string of the molecule is CCCCCCCCCCCCCC(=O)N[C@@H](CC(C)C)C(=O)NC(C(=O)N1CCC[C@@H]1C(=O)NC(C(=O)N[C@@H](C)C(=O)N[C@@H](Cc1ccc(O)cc1)C(=O)NCC=O)C(C)O)C(C)O. The number of phenolic OH excluding ortho intramolecular Hbond substituents is 1. The number of aromatic hydroxyl groups is 1. The molecule has 1 aliphatic rings. The van der Waals surface area contributed by atoms with E-state index in [4.69, 9.17) is 0 Å². The van der Waals surface area contributed by atoms with Crippen LogP contribution in [0.4, 0.5) is 0 Å². The van der Waals surface area contributed by atoms with Gasteiger partial charge in [0, 0.05) is 19.4 Å². The average Bonchev–Trinajstić information content (AvgIpc) is 3.75. The van der Waals surface area contributed by atoms with Crippen molar-refractivity contribution in [2.45, 2.75) is 193 Å². The predicted molar refractivity (Wildman–Crippen MR) is 245 cm³/mol. The van der Waals surface area contributed by atoms with Crippen LogP contribution in [0.1, 0.15) is 143 Å². The fourth-order valence-electron chi connectivity index (χ4n) is 7.71. The number of carbonyl (C=O) groups excluding carboxylic acids is 8. The van der Waals surface area contributed by atoms with E-state index in [2.05, 4.69) is 38.8 Å². The number of nitrogens with one attached hydrogen (secondary N) is 6. The molecule has 2 rings (SSSR count). The number of hydrogen-bond donors (Lipinski definition) is 9. The van der Waals surface area contributed by atoms with Gasteiger partial charge < -0.3 is 56.9 Å². The maximum absolute atomic E-state index is 14.0. The summed E-state index contributed by atoms with van der Waals surface area (Å²) in [6, 6.07) is -1.72. The summed E-state index contributed by atoms with van der Waals surface area (Å²) >= 11 is 0. The van der Waals surface area contributed by atoms with Crippen LogP contribution in [0.5, 0.6) is 5.75 Å². The number of amides is 7. The number of aliphatic hydroxyl groups excluding tert-OH is 2. The van der Waals surface area contributed by atoms with E-state index in [-0.39, 0.29) is 56.3 Å². The van der Waals surface area contributed by atoms with Crippen LogP contribution >= 0.6 is 0 Å². The average molecular weight is 916 g/mol. The Morgan fingerprint density at radius 2 is 1.28 bits per heavy atom. The van der Waals surface area contributed by atoms with Gasteiger partial charge in [0.2, 0.25) is 41.4 Å². The number of likely N-dealkylation sites (tertiary alicyclic amines) is 1. The van der Waals surface area contributed by atoms with Crippen molar-refractivity contribution in [3.8, 4) is 5.75 Å². The molecule has 8 atom stereocenters. The molecule has 9 N–H and O–H groups in total. The molecule has 0 spiro atoms. The van der Waals surface area contributed by atoms with Crippen molar-refractivity contribution < 1.29 is 53.7 Å². The molecule has 0 saturated carbocycles. The largest absolute Gasteiger partial charge is 0.508 e. The van der Waals surface area contributed by atoms with E-state index in [1.165, 1.54) is 82.7 Å². The van der Waals surface area contributed by atoms with Gasteiger partial charge >= 0.3 is 0 Å². The number of rotatable bonds is 31. The van der Waals surface area contributed by atoms with Gasteiger partial charge in [0.05, 0.1) is 18.8 Å². The predicted octanol–water partition coefficient (Wildman–Crippen LogP) is 2.19. The lowest BCUT2D eigenvalue weighted by Gasteiger charge is -2.32. The standard InChI is InChI=1S/C47H77N7O11/c1-7-8-9-10-11-12-13-14-15-16-17-20-39(59)50-36(28-30(2)3)44(62)53-41(33(6)57)47(65)54-26-18-19-38(54)45(63)52-40(32(5)56)46(64)49-31(4)42(60)51-37(43(61)48-25-27-55)29-34-21-23-35(58)24-22-34/h21-24,27,30-33,36-38,40-41,56-58H,7-20,25-26,28-29H2,1-6H3,(H,48,61)(H,49,64)(H,50,59)(H,51,60)(H,52,63)(H,53,62)/t31-,32?,33?,36-,37-,38+,40?,41?/m0/s1. The monoisotopic (exact) mass is 916 g/mol. The molecule has 1 aromatic carbocycles. The molecule has 0 radical (unpaired) electrons. The Hall–Kier alpha value is -5.10. The summed E-state index contributed by atoms with van der Waals surface area (Å²) < 4.78 is 0. The van der Waals surface area contributed by atoms with Crippen molar-refractivity contribution in [3.05, 3.63) is 29.8 Å². The third-order valence-corrected chi connectivity index (χ3v) is 11.4. The van der Waals surface area contributed by atoms with Crippen LogP contribution in [0.2, 0.25) is 0 Å². The lowest BCUT2D eigenvalue weighted by atomic mass is 10.0. The molecule has 7 amide bonds. The highest BCUT2D eigenvalue weighted by Crippen LogP contribution is 2.21. The first-order chi connectivity index (χ1) is 30.9. The number of hydrogen-bond acceptors (Lipinski definition) is 11. The molecular formula is C47H77N7O11. The van der Waals surface area contributed by atoms with Gasteiger partial charge in [0.25, 0.3) is 0 Å². The highest BCUT2D eigenvalue weighted by molar-refractivity contribution is 5.97. The molecule has 0 bridgehead atoms. The lowest BCUT2D eigenvalue weighted by molar-refractivity contribution is -0.145. The Morgan fingerprint density at radius 1 is 0.692 bits per heavy atom. The topological polar surface area (TPSA) is 273 Å². The zero-order valence-corrected chi connectivity index (χ0v) is 39.4. The summed E-state index contributed by atoms with van der Waals surface area (Å²) in [5.74, 6) is -4.88. The number of aliphatic hydroxyl groups is 2. The van der Waals surface area contributed by atoms with Gasteiger partial charge in [-0.05, 0) is 70.1 Å². The van der Waals surface area contributed by atoms with Crippen molar-refractivity contribution in [1.29, 1.82) is 0 Å². The maximum Gasteiger partial charge on any atom is 0.248 e. The van der Waals surface area contributed by atoms with Gasteiger partial charge in [-0.15, -0.1) is 0 Å². The van der Waals surface area contributed by atoms with E-state index in [0.29, 0.717) is 24.7 Å². The van der Waals surface area contributed by atoms with Crippen molar-refractivity contribution in [2.75, 3.05) is 13.1 Å². The van der Waals surface area contributed by atoms with Gasteiger partial charge in [-0.2, -0.15) is 0 Å². The lowest BCUT2D eigenvalue weighted by Crippen LogP contribution is -2.62. The van der Waals surface area contributed by atoms with E-state index < -0.39 is 83.9 Å². The smallest absolute Gasteiger partial charge is 0.248 e. The minimum absolute atomic E-state index is 0.00558. The second-order valence-corrected chi connectivity index (χ2v) is 17.8. The molecule has 1 heterocycles. The molecule has 65 heavy (non-hydrogen) atoms. The van der Waals surface area contributed by atoms with E-state index in [0.717, 1.165) is 19.3 Å². The summed E-state index contributed by atoms with van der Waals surface area (Å²) in [7, 11) is 0. The van der Waals surface area contributed by atoms with Crippen LogP contribution in [-0.2, 0) is 44.8 Å². The third-order valence-electron chi connectivity index (χ3n) is 11.4. The molecule has 0 aromatic heterocycles. The number of carbonyl (C=O) groups is 8. The molecule has 1 aromatic rings. The van der Waals surface area contributed by atoms with Crippen molar-refractivity contribution in [2.24, 2.45) is 5.92 Å². The molecule has 4 unspecified atom stereocenters. The summed E-state index contributed by atoms with van der Waals surface area (Å²) in [5.41, 5.74) is 0.577. The fourth-order valence-corrected chi connectivity index (χ4v) is 7.71. The summed E-state index contributed by atoms with van der Waals surface area (Å²) in [5, 5.41) is 46.2. The Bertz CT molecular complexity index is 1670. The minimum Gasteiger partial charge on any atom is -0.508 e. The third kappa shape index (κ3) is 20.7. The van der Waals surface area contributed by atoms with Gasteiger partial charge in [0.15, 0.2) is 0 Å². The quantitative estimate of drug-likeness (QED) is 0.0385. The van der Waals surface area contributed by atoms with E-state index in [1.807, 2.05) is 13.8 Å². The first kappa shape index (κ1) is 56.0. The second-order valence-electron chi connectivity index (χ2n) is 17.8. The summed E-state index contributed by atoms with van der Waals surface area (Å²) in [6.07, 6.45) is 11.2. The Labute approximate surface area is 384 Å². The maximum atomic E-state index is 14.0. The Morgan fingerprint density at radius 3 is 1.83 bits per heavy atom. The first-order valence-electron chi connectivity index (χ1n) is 23.6. The number of benzene rings is 1. The number of aldehydes is 1. The van der Waals surface area contributed by atoms with Crippen LogP contribution in [0, 0.1) is 5.92 Å². The van der Waals surface area contributed by atoms with Gasteiger partial charge in [-0.1, -0.05) is 97.1 Å². The summed E-state index contributed by atoms with van der Waals surface area (Å²) in [4.78, 5) is 106. The molecule has 1 aliphatic heterocycles. The van der Waals surface area contributed by atoms with Gasteiger partial charge in [0.1, 0.15) is 48.3 Å².